The van der Waals surface area contributed by atoms with Crippen LogP contribution in [-0.2, 0) is 9.53 Å². The number of rotatable bonds is 4. The smallest absolute Gasteiger partial charge is 0.313 e. The van der Waals surface area contributed by atoms with Gasteiger partial charge >= 0.3 is 5.97 Å². The summed E-state index contributed by atoms with van der Waals surface area (Å²) in [4.78, 5) is 11.7. The summed E-state index contributed by atoms with van der Waals surface area (Å²) in [6, 6.07) is 14.2. The van der Waals surface area contributed by atoms with E-state index >= 15 is 0 Å². The lowest BCUT2D eigenvalue weighted by Gasteiger charge is -2.13. The van der Waals surface area contributed by atoms with E-state index in [1.165, 1.54) is 13.2 Å². The Morgan fingerprint density at radius 1 is 1.25 bits per heavy atom. The van der Waals surface area contributed by atoms with E-state index in [2.05, 4.69) is 22.6 Å². The number of alkyl halides is 1. The maximum Gasteiger partial charge on any atom is 0.313 e. The number of hydrogen-bond acceptors (Lipinski definition) is 2. The van der Waals surface area contributed by atoms with Crippen LogP contribution in [0.1, 0.15) is 11.5 Å². The first-order chi connectivity index (χ1) is 9.67. The van der Waals surface area contributed by atoms with Gasteiger partial charge in [0, 0.05) is 9.99 Å². The van der Waals surface area contributed by atoms with Crippen molar-refractivity contribution < 1.29 is 13.9 Å². The minimum Gasteiger partial charge on any atom is -0.469 e. The van der Waals surface area contributed by atoms with Crippen molar-refractivity contribution in [2.75, 3.05) is 11.5 Å². The molecular formula is C16H14FIO2. The largest absolute Gasteiger partial charge is 0.469 e. The van der Waals surface area contributed by atoms with E-state index in [0.717, 1.165) is 5.56 Å². The Bertz CT molecular complexity index is 599. The van der Waals surface area contributed by atoms with Crippen molar-refractivity contribution in [2.45, 2.75) is 5.92 Å². The van der Waals surface area contributed by atoms with Gasteiger partial charge in [-0.3, -0.25) is 4.79 Å². The lowest BCUT2D eigenvalue weighted by Crippen LogP contribution is -2.15. The Balaban J connectivity index is 2.37. The van der Waals surface area contributed by atoms with Crippen molar-refractivity contribution in [3.05, 3.63) is 59.9 Å². The van der Waals surface area contributed by atoms with Crippen molar-refractivity contribution in [3.63, 3.8) is 0 Å². The topological polar surface area (TPSA) is 26.3 Å². The summed E-state index contributed by atoms with van der Waals surface area (Å²) in [5, 5.41) is 0. The highest BCUT2D eigenvalue weighted by Gasteiger charge is 2.21. The first kappa shape index (κ1) is 15.0. The normalized spacial score (nSPS) is 11.9. The zero-order valence-electron chi connectivity index (χ0n) is 11.0. The lowest BCUT2D eigenvalue weighted by molar-refractivity contribution is -0.141. The number of halogens is 2. The molecular weight excluding hydrogens is 370 g/mol. The SMILES string of the molecule is COC(=O)[C@H](CI)c1ccc(-c2ccccc2)c(F)c1. The zero-order valence-corrected chi connectivity index (χ0v) is 13.1. The van der Waals surface area contributed by atoms with Gasteiger partial charge in [-0.2, -0.15) is 0 Å². The molecule has 0 aliphatic rings. The Morgan fingerprint density at radius 2 is 1.95 bits per heavy atom. The molecule has 0 aliphatic heterocycles. The summed E-state index contributed by atoms with van der Waals surface area (Å²) < 4.78 is 19.5. The Morgan fingerprint density at radius 3 is 2.50 bits per heavy atom. The molecule has 0 fully saturated rings. The van der Waals surface area contributed by atoms with Crippen molar-refractivity contribution >= 4 is 28.6 Å². The molecule has 0 N–H and O–H groups in total. The number of methoxy groups -OCH3 is 1. The summed E-state index contributed by atoms with van der Waals surface area (Å²) >= 11 is 2.10. The average Bonchev–Trinajstić information content (AvgIpc) is 2.49. The molecule has 0 aromatic heterocycles. The van der Waals surface area contributed by atoms with Crippen LogP contribution in [0, 0.1) is 5.82 Å². The molecule has 0 bridgehead atoms. The fraction of sp³-hybridized carbons (Fsp3) is 0.188. The van der Waals surface area contributed by atoms with Gasteiger partial charge in [0.1, 0.15) is 5.82 Å². The number of hydrogen-bond donors (Lipinski definition) is 0. The molecule has 1 atom stereocenters. The van der Waals surface area contributed by atoms with Gasteiger partial charge < -0.3 is 4.74 Å². The van der Waals surface area contributed by atoms with E-state index in [1.54, 1.807) is 12.1 Å². The molecule has 0 radical (unpaired) electrons. The van der Waals surface area contributed by atoms with Crippen LogP contribution in [0.25, 0.3) is 11.1 Å². The van der Waals surface area contributed by atoms with E-state index in [4.69, 9.17) is 4.74 Å². The Hall–Kier alpha value is -1.43. The second-order valence-electron chi connectivity index (χ2n) is 4.34. The molecule has 0 spiro atoms. The standard InChI is InChI=1S/C16H14FIO2/c1-20-16(19)14(10-18)12-7-8-13(15(17)9-12)11-5-3-2-4-6-11/h2-9,14H,10H2,1H3/t14-/m1/s1. The average molecular weight is 384 g/mol. The quantitative estimate of drug-likeness (QED) is 0.449. The first-order valence-corrected chi connectivity index (χ1v) is 7.68. The van der Waals surface area contributed by atoms with E-state index in [9.17, 15) is 9.18 Å². The van der Waals surface area contributed by atoms with Crippen LogP contribution in [0.3, 0.4) is 0 Å². The molecule has 0 unspecified atom stereocenters. The molecule has 0 saturated carbocycles. The summed E-state index contributed by atoms with van der Waals surface area (Å²) in [5.41, 5.74) is 2.00. The number of esters is 1. The van der Waals surface area contributed by atoms with E-state index in [0.29, 0.717) is 15.6 Å². The zero-order chi connectivity index (χ0) is 14.5. The molecule has 104 valence electrons. The van der Waals surface area contributed by atoms with Gasteiger partial charge in [-0.25, -0.2) is 4.39 Å². The Kier molecular flexibility index (Phi) is 5.11. The molecule has 2 aromatic rings. The van der Waals surface area contributed by atoms with Gasteiger partial charge in [-0.15, -0.1) is 0 Å². The van der Waals surface area contributed by atoms with Crippen molar-refractivity contribution in [1.82, 2.24) is 0 Å². The van der Waals surface area contributed by atoms with E-state index in [1.807, 2.05) is 30.3 Å². The summed E-state index contributed by atoms with van der Waals surface area (Å²) in [6.45, 7) is 0. The first-order valence-electron chi connectivity index (χ1n) is 6.16. The minimum atomic E-state index is -0.431. The van der Waals surface area contributed by atoms with Gasteiger partial charge in [-0.05, 0) is 17.2 Å². The number of carbonyl (C=O) groups is 1. The van der Waals surface area contributed by atoms with Crippen LogP contribution < -0.4 is 0 Å². The predicted molar refractivity (Wildman–Crippen MR) is 85.5 cm³/mol. The molecule has 2 aromatic carbocycles. The third-order valence-electron chi connectivity index (χ3n) is 3.12. The highest BCUT2D eigenvalue weighted by molar-refractivity contribution is 14.1. The predicted octanol–water partition coefficient (Wildman–Crippen LogP) is 4.18. The van der Waals surface area contributed by atoms with Crippen molar-refractivity contribution in [1.29, 1.82) is 0 Å². The molecule has 20 heavy (non-hydrogen) atoms. The van der Waals surface area contributed by atoms with E-state index in [-0.39, 0.29) is 11.8 Å². The van der Waals surface area contributed by atoms with Crippen LogP contribution in [0.5, 0.6) is 0 Å². The van der Waals surface area contributed by atoms with Crippen LogP contribution in [0.15, 0.2) is 48.5 Å². The van der Waals surface area contributed by atoms with Gasteiger partial charge in [0.25, 0.3) is 0 Å². The molecule has 0 heterocycles. The van der Waals surface area contributed by atoms with Gasteiger partial charge in [0.05, 0.1) is 13.0 Å². The molecule has 2 nitrogen and oxygen atoms in total. The lowest BCUT2D eigenvalue weighted by atomic mass is 9.97. The number of carbonyl (C=O) groups excluding carboxylic acids is 1. The number of benzene rings is 2. The second-order valence-corrected chi connectivity index (χ2v) is 5.22. The molecule has 4 heteroatoms. The van der Waals surface area contributed by atoms with Gasteiger partial charge in [-0.1, -0.05) is 65.1 Å². The minimum absolute atomic E-state index is 0.326. The van der Waals surface area contributed by atoms with Gasteiger partial charge in [0.15, 0.2) is 0 Å². The summed E-state index contributed by atoms with van der Waals surface area (Å²) in [6.07, 6.45) is 0. The van der Waals surface area contributed by atoms with Gasteiger partial charge in [0.2, 0.25) is 0 Å². The third-order valence-corrected chi connectivity index (χ3v) is 4.00. The van der Waals surface area contributed by atoms with Crippen LogP contribution >= 0.6 is 22.6 Å². The second kappa shape index (κ2) is 6.83. The highest BCUT2D eigenvalue weighted by atomic mass is 127. The molecule has 0 saturated heterocycles. The Labute approximate surface area is 131 Å². The maximum atomic E-state index is 14.2. The maximum absolute atomic E-state index is 14.2. The van der Waals surface area contributed by atoms with Crippen molar-refractivity contribution in [3.8, 4) is 11.1 Å². The highest BCUT2D eigenvalue weighted by Crippen LogP contribution is 2.27. The third kappa shape index (κ3) is 3.17. The van der Waals surface area contributed by atoms with Crippen molar-refractivity contribution in [2.24, 2.45) is 0 Å². The summed E-state index contributed by atoms with van der Waals surface area (Å²) in [7, 11) is 1.34. The number of ether oxygens (including phenoxy) is 1. The fourth-order valence-electron chi connectivity index (χ4n) is 2.03. The van der Waals surface area contributed by atoms with E-state index < -0.39 is 5.92 Å². The molecule has 0 aliphatic carbocycles. The molecule has 0 amide bonds. The van der Waals surface area contributed by atoms with Crippen LogP contribution in [0.4, 0.5) is 4.39 Å². The summed E-state index contributed by atoms with van der Waals surface area (Å²) in [5.74, 6) is -1.10. The molecule has 2 rings (SSSR count). The van der Waals surface area contributed by atoms with Crippen LogP contribution in [0.2, 0.25) is 0 Å². The fourth-order valence-corrected chi connectivity index (χ4v) is 2.90. The monoisotopic (exact) mass is 384 g/mol. The van der Waals surface area contributed by atoms with Crippen LogP contribution in [-0.4, -0.2) is 17.5 Å².